The second-order valence-corrected chi connectivity index (χ2v) is 6.45. The van der Waals surface area contributed by atoms with Crippen molar-refractivity contribution in [1.29, 1.82) is 0 Å². The highest BCUT2D eigenvalue weighted by molar-refractivity contribution is 6.35. The van der Waals surface area contributed by atoms with Crippen LogP contribution in [0.3, 0.4) is 0 Å². The molecule has 23 heavy (non-hydrogen) atoms. The van der Waals surface area contributed by atoms with Gasteiger partial charge < -0.3 is 9.30 Å². The van der Waals surface area contributed by atoms with Gasteiger partial charge in [0.05, 0.1) is 18.2 Å². The molecule has 7 heteroatoms. The fourth-order valence-corrected chi connectivity index (χ4v) is 2.64. The van der Waals surface area contributed by atoms with E-state index in [1.165, 1.54) is 16.8 Å². The molecule has 122 valence electrons. The zero-order valence-electron chi connectivity index (χ0n) is 12.5. The van der Waals surface area contributed by atoms with Crippen LogP contribution >= 0.6 is 34.8 Å². The van der Waals surface area contributed by atoms with Crippen molar-refractivity contribution in [1.82, 2.24) is 4.57 Å². The minimum absolute atomic E-state index is 0.0618. The number of carbonyl (C=O) groups excluding carboxylic acids is 1. The van der Waals surface area contributed by atoms with E-state index in [1.54, 1.807) is 32.0 Å². The number of aromatic nitrogens is 1. The van der Waals surface area contributed by atoms with Crippen LogP contribution in [0.15, 0.2) is 35.3 Å². The van der Waals surface area contributed by atoms with Crippen LogP contribution < -0.4 is 5.56 Å². The molecule has 0 aliphatic heterocycles. The third kappa shape index (κ3) is 4.50. The molecule has 0 aliphatic rings. The molecule has 0 amide bonds. The van der Waals surface area contributed by atoms with Crippen LogP contribution in [0.25, 0.3) is 0 Å². The highest BCUT2D eigenvalue weighted by Crippen LogP contribution is 2.22. The van der Waals surface area contributed by atoms with Gasteiger partial charge in [-0.15, -0.1) is 0 Å². The van der Waals surface area contributed by atoms with Crippen LogP contribution in [0, 0.1) is 0 Å². The number of carbonyl (C=O) groups is 1. The zero-order valence-corrected chi connectivity index (χ0v) is 14.7. The maximum atomic E-state index is 12.2. The maximum Gasteiger partial charge on any atom is 0.339 e. The smallest absolute Gasteiger partial charge is 0.339 e. The molecule has 0 N–H and O–H groups in total. The third-order valence-electron chi connectivity index (χ3n) is 2.98. The van der Waals surface area contributed by atoms with Crippen molar-refractivity contribution in [3.8, 4) is 0 Å². The predicted octanol–water partition coefficient (Wildman–Crippen LogP) is 4.42. The van der Waals surface area contributed by atoms with Gasteiger partial charge >= 0.3 is 5.97 Å². The molecule has 0 radical (unpaired) electrons. The summed E-state index contributed by atoms with van der Waals surface area (Å²) in [6.07, 6.45) is 1.14. The Bertz CT molecular complexity index is 800. The van der Waals surface area contributed by atoms with Gasteiger partial charge in [0.2, 0.25) is 0 Å². The van der Waals surface area contributed by atoms with Crippen molar-refractivity contribution in [2.75, 3.05) is 0 Å². The Hall–Kier alpha value is -1.49. The number of esters is 1. The van der Waals surface area contributed by atoms with Gasteiger partial charge in [0.15, 0.2) is 0 Å². The molecule has 1 aromatic carbocycles. The quantitative estimate of drug-likeness (QED) is 0.744. The van der Waals surface area contributed by atoms with Crippen LogP contribution in [0.5, 0.6) is 0 Å². The van der Waals surface area contributed by atoms with Gasteiger partial charge in [0.25, 0.3) is 5.56 Å². The maximum absolute atomic E-state index is 12.2. The molecule has 4 nitrogen and oxygen atoms in total. The van der Waals surface area contributed by atoms with Crippen molar-refractivity contribution >= 4 is 40.8 Å². The van der Waals surface area contributed by atoms with Gasteiger partial charge in [0.1, 0.15) is 5.02 Å². The van der Waals surface area contributed by atoms with Crippen molar-refractivity contribution in [3.05, 3.63) is 67.0 Å². The molecule has 0 saturated heterocycles. The van der Waals surface area contributed by atoms with E-state index in [1.807, 2.05) is 0 Å². The van der Waals surface area contributed by atoms with Gasteiger partial charge in [-0.05, 0) is 37.6 Å². The first-order chi connectivity index (χ1) is 10.8. The Balaban J connectivity index is 2.40. The molecule has 1 aromatic heterocycles. The molecule has 2 aromatic rings. The highest BCUT2D eigenvalue weighted by atomic mass is 35.5. The average molecular weight is 375 g/mol. The fourth-order valence-electron chi connectivity index (χ4n) is 1.94. The Kier molecular flexibility index (Phi) is 5.74. The second-order valence-electron chi connectivity index (χ2n) is 5.20. The van der Waals surface area contributed by atoms with E-state index >= 15 is 0 Å². The summed E-state index contributed by atoms with van der Waals surface area (Å²) in [5.41, 5.74) is 0.468. The van der Waals surface area contributed by atoms with E-state index in [0.717, 1.165) is 0 Å². The largest absolute Gasteiger partial charge is 0.459 e. The van der Waals surface area contributed by atoms with Crippen LogP contribution in [0.1, 0.15) is 29.8 Å². The summed E-state index contributed by atoms with van der Waals surface area (Å²) in [7, 11) is 0. The summed E-state index contributed by atoms with van der Waals surface area (Å²) < 4.78 is 6.43. The lowest BCUT2D eigenvalue weighted by Crippen LogP contribution is -2.23. The number of hydrogen-bond acceptors (Lipinski definition) is 3. The van der Waals surface area contributed by atoms with Gasteiger partial charge in [-0.25, -0.2) is 4.79 Å². The SMILES string of the molecule is CC(C)OC(=O)c1cc(Cl)c(=O)n(Cc2ccc(Cl)cc2Cl)c1. The Morgan fingerprint density at radius 1 is 1.17 bits per heavy atom. The highest BCUT2D eigenvalue weighted by Gasteiger charge is 2.14. The van der Waals surface area contributed by atoms with Gasteiger partial charge in [-0.2, -0.15) is 0 Å². The standard InChI is InChI=1S/C16H14Cl3NO3/c1-9(2)23-16(22)11-5-14(19)15(21)20(8-11)7-10-3-4-12(17)6-13(10)18/h3-6,8-9H,7H2,1-2H3. The zero-order chi connectivity index (χ0) is 17.1. The number of hydrogen-bond donors (Lipinski definition) is 0. The van der Waals surface area contributed by atoms with Gasteiger partial charge in [-0.3, -0.25) is 4.79 Å². The lowest BCUT2D eigenvalue weighted by molar-refractivity contribution is 0.0377. The molecule has 0 unspecified atom stereocenters. The van der Waals surface area contributed by atoms with Gasteiger partial charge in [0, 0.05) is 16.2 Å². The first-order valence-electron chi connectivity index (χ1n) is 6.83. The minimum atomic E-state index is -0.544. The van der Waals surface area contributed by atoms with Gasteiger partial charge in [-0.1, -0.05) is 40.9 Å². The van der Waals surface area contributed by atoms with Crippen molar-refractivity contribution < 1.29 is 9.53 Å². The molecular formula is C16H14Cl3NO3. The molecule has 0 saturated carbocycles. The van der Waals surface area contributed by atoms with E-state index < -0.39 is 11.5 Å². The van der Waals surface area contributed by atoms with E-state index in [0.29, 0.717) is 15.6 Å². The van der Waals surface area contributed by atoms with E-state index in [-0.39, 0.29) is 23.2 Å². The van der Waals surface area contributed by atoms with E-state index in [9.17, 15) is 9.59 Å². The third-order valence-corrected chi connectivity index (χ3v) is 3.83. The number of pyridine rings is 1. The fraction of sp³-hybridized carbons (Fsp3) is 0.250. The number of halogens is 3. The topological polar surface area (TPSA) is 48.3 Å². The van der Waals surface area contributed by atoms with Crippen LogP contribution in [0.2, 0.25) is 15.1 Å². The summed E-state index contributed by atoms with van der Waals surface area (Å²) in [5.74, 6) is -0.544. The summed E-state index contributed by atoms with van der Waals surface area (Å²) in [5, 5.41) is 0.863. The lowest BCUT2D eigenvalue weighted by atomic mass is 10.2. The molecule has 1 heterocycles. The first-order valence-corrected chi connectivity index (χ1v) is 7.96. The molecule has 2 rings (SSSR count). The lowest BCUT2D eigenvalue weighted by Gasteiger charge is -2.12. The summed E-state index contributed by atoms with van der Waals surface area (Å²) in [4.78, 5) is 24.2. The molecule has 0 spiro atoms. The Morgan fingerprint density at radius 3 is 2.48 bits per heavy atom. The molecule has 0 bridgehead atoms. The Morgan fingerprint density at radius 2 is 1.87 bits per heavy atom. The number of benzene rings is 1. The van der Waals surface area contributed by atoms with Crippen molar-refractivity contribution in [2.24, 2.45) is 0 Å². The Labute approximate surface area is 148 Å². The minimum Gasteiger partial charge on any atom is -0.459 e. The first kappa shape index (κ1) is 17.9. The second kappa shape index (κ2) is 7.39. The van der Waals surface area contributed by atoms with E-state index in [4.69, 9.17) is 39.5 Å². The predicted molar refractivity (Wildman–Crippen MR) is 91.8 cm³/mol. The molecule has 0 aliphatic carbocycles. The van der Waals surface area contributed by atoms with E-state index in [2.05, 4.69) is 0 Å². The summed E-state index contributed by atoms with van der Waals surface area (Å²) in [6.45, 7) is 3.64. The molecular weight excluding hydrogens is 361 g/mol. The number of nitrogens with zero attached hydrogens (tertiary/aromatic N) is 1. The number of rotatable bonds is 4. The van der Waals surface area contributed by atoms with Crippen LogP contribution in [-0.2, 0) is 11.3 Å². The normalized spacial score (nSPS) is 10.9. The van der Waals surface area contributed by atoms with Crippen LogP contribution in [-0.4, -0.2) is 16.6 Å². The van der Waals surface area contributed by atoms with Crippen LogP contribution in [0.4, 0.5) is 0 Å². The summed E-state index contributed by atoms with van der Waals surface area (Å²) in [6, 6.07) is 6.27. The monoisotopic (exact) mass is 373 g/mol. The van der Waals surface area contributed by atoms with Crippen molar-refractivity contribution in [2.45, 2.75) is 26.5 Å². The van der Waals surface area contributed by atoms with Crippen molar-refractivity contribution in [3.63, 3.8) is 0 Å². The molecule has 0 atom stereocenters. The summed E-state index contributed by atoms with van der Waals surface area (Å²) >= 11 is 17.9. The average Bonchev–Trinajstić information content (AvgIpc) is 2.45. The molecule has 0 fully saturated rings. The number of ether oxygens (including phenoxy) is 1.